The molecule has 1 amide bonds. The normalized spacial score (nSPS) is 11.7. The van der Waals surface area contributed by atoms with E-state index < -0.39 is 5.91 Å². The first-order chi connectivity index (χ1) is 14.5. The predicted octanol–water partition coefficient (Wildman–Crippen LogP) is 4.33. The fourth-order valence-corrected chi connectivity index (χ4v) is 3.61. The molecule has 0 radical (unpaired) electrons. The van der Waals surface area contributed by atoms with Crippen molar-refractivity contribution in [3.05, 3.63) is 64.1 Å². The van der Waals surface area contributed by atoms with E-state index in [9.17, 15) is 14.7 Å². The Hall–Kier alpha value is -3.81. The molecule has 0 aliphatic heterocycles. The lowest BCUT2D eigenvalue weighted by Gasteiger charge is -2.06. The van der Waals surface area contributed by atoms with Gasteiger partial charge in [0.25, 0.3) is 5.56 Å². The molecule has 2 heterocycles. The summed E-state index contributed by atoms with van der Waals surface area (Å²) in [7, 11) is 0. The van der Waals surface area contributed by atoms with E-state index in [1.165, 1.54) is 4.68 Å². The summed E-state index contributed by atoms with van der Waals surface area (Å²) in [4.78, 5) is 25.3. The van der Waals surface area contributed by atoms with Gasteiger partial charge in [-0.1, -0.05) is 29.8 Å². The minimum atomic E-state index is -0.683. The van der Waals surface area contributed by atoms with Crippen molar-refractivity contribution in [1.82, 2.24) is 14.3 Å². The van der Waals surface area contributed by atoms with Crippen LogP contribution in [0, 0.1) is 6.92 Å². The molecule has 152 valence electrons. The van der Waals surface area contributed by atoms with Crippen molar-refractivity contribution in [1.29, 1.82) is 0 Å². The molecule has 4 aromatic rings. The van der Waals surface area contributed by atoms with Gasteiger partial charge in [0.2, 0.25) is 5.88 Å². The molecule has 0 atom stereocenters. The van der Waals surface area contributed by atoms with E-state index in [0.29, 0.717) is 29.2 Å². The maximum absolute atomic E-state index is 12.9. The lowest BCUT2D eigenvalue weighted by molar-refractivity contribution is 0.0990. The van der Waals surface area contributed by atoms with Crippen LogP contribution >= 0.6 is 0 Å². The minimum absolute atomic E-state index is 0.0469. The molecule has 2 aromatic heterocycles. The Balaban J connectivity index is 1.85. The van der Waals surface area contributed by atoms with Gasteiger partial charge in [0.15, 0.2) is 11.4 Å². The average Bonchev–Trinajstić information content (AvgIpc) is 3.02. The first kappa shape index (κ1) is 19.5. The fourth-order valence-electron chi connectivity index (χ4n) is 3.61. The highest BCUT2D eigenvalue weighted by molar-refractivity contribution is 6.05. The number of amides is 1. The molecule has 8 nitrogen and oxygen atoms in total. The van der Waals surface area contributed by atoms with E-state index in [1.807, 2.05) is 32.0 Å². The van der Waals surface area contributed by atoms with Gasteiger partial charge in [0, 0.05) is 23.9 Å². The van der Waals surface area contributed by atoms with Gasteiger partial charge < -0.3 is 9.67 Å². The standard InChI is InChI=1S/C22H21N5O3/c1-4-26-17-11-10-13(3)12-16(17)19(22(26)30)23-24-20(28)18-14-8-6-7-9-15(14)21(29)27(5-2)25-18/h6-12,30H,4-5H2,1-3H3. The van der Waals surface area contributed by atoms with Crippen molar-refractivity contribution < 1.29 is 9.90 Å². The summed E-state index contributed by atoms with van der Waals surface area (Å²) in [6.45, 7) is 6.50. The molecular formula is C22H21N5O3. The van der Waals surface area contributed by atoms with Crippen LogP contribution in [0.1, 0.15) is 29.9 Å². The smallest absolute Gasteiger partial charge is 0.316 e. The number of aromatic hydroxyl groups is 1. The van der Waals surface area contributed by atoms with E-state index in [1.54, 1.807) is 35.8 Å². The molecule has 4 rings (SSSR count). The maximum atomic E-state index is 12.9. The molecular weight excluding hydrogens is 382 g/mol. The van der Waals surface area contributed by atoms with Crippen LogP contribution in [0.4, 0.5) is 5.69 Å². The third-order valence-corrected chi connectivity index (χ3v) is 5.09. The first-order valence-corrected chi connectivity index (χ1v) is 9.74. The van der Waals surface area contributed by atoms with E-state index in [2.05, 4.69) is 15.3 Å². The Morgan fingerprint density at radius 2 is 1.80 bits per heavy atom. The number of fused-ring (bicyclic) bond motifs is 2. The van der Waals surface area contributed by atoms with Gasteiger partial charge in [-0.3, -0.25) is 9.59 Å². The Morgan fingerprint density at radius 1 is 1.07 bits per heavy atom. The van der Waals surface area contributed by atoms with Crippen LogP contribution in [0.15, 0.2) is 57.5 Å². The number of azo groups is 1. The molecule has 0 saturated carbocycles. The van der Waals surface area contributed by atoms with E-state index >= 15 is 0 Å². The van der Waals surface area contributed by atoms with Crippen LogP contribution in [0.5, 0.6) is 5.88 Å². The Labute approximate surface area is 172 Å². The zero-order valence-corrected chi connectivity index (χ0v) is 17.0. The van der Waals surface area contributed by atoms with Gasteiger partial charge in [0.05, 0.1) is 10.9 Å². The van der Waals surface area contributed by atoms with Crippen molar-refractivity contribution in [2.75, 3.05) is 0 Å². The van der Waals surface area contributed by atoms with Crippen LogP contribution in [-0.4, -0.2) is 25.4 Å². The summed E-state index contributed by atoms with van der Waals surface area (Å²) in [5, 5.41) is 24.3. The lowest BCUT2D eigenvalue weighted by atomic mass is 10.1. The number of benzene rings is 2. The fraction of sp³-hybridized carbons (Fsp3) is 0.227. The van der Waals surface area contributed by atoms with Crippen molar-refractivity contribution in [2.24, 2.45) is 10.2 Å². The number of nitrogens with zero attached hydrogens (tertiary/aromatic N) is 5. The molecule has 2 aromatic carbocycles. The van der Waals surface area contributed by atoms with Crippen LogP contribution in [0.3, 0.4) is 0 Å². The zero-order valence-electron chi connectivity index (χ0n) is 17.0. The van der Waals surface area contributed by atoms with Crippen LogP contribution in [-0.2, 0) is 13.1 Å². The molecule has 0 aliphatic carbocycles. The zero-order chi connectivity index (χ0) is 21.4. The van der Waals surface area contributed by atoms with Crippen molar-refractivity contribution in [3.63, 3.8) is 0 Å². The second-order valence-corrected chi connectivity index (χ2v) is 6.96. The van der Waals surface area contributed by atoms with E-state index in [0.717, 1.165) is 11.1 Å². The number of aryl methyl sites for hydroxylation is 3. The maximum Gasteiger partial charge on any atom is 0.316 e. The average molecular weight is 403 g/mol. The lowest BCUT2D eigenvalue weighted by Crippen LogP contribution is -2.24. The Morgan fingerprint density at radius 3 is 2.50 bits per heavy atom. The van der Waals surface area contributed by atoms with Gasteiger partial charge in [0.1, 0.15) is 0 Å². The van der Waals surface area contributed by atoms with E-state index in [4.69, 9.17) is 0 Å². The molecule has 0 saturated heterocycles. The van der Waals surface area contributed by atoms with Gasteiger partial charge >= 0.3 is 5.91 Å². The Kier molecular flexibility index (Phi) is 4.91. The summed E-state index contributed by atoms with van der Waals surface area (Å²) < 4.78 is 2.94. The quantitative estimate of drug-likeness (QED) is 0.512. The molecule has 0 unspecified atom stereocenters. The summed E-state index contributed by atoms with van der Waals surface area (Å²) in [6.07, 6.45) is 0. The predicted molar refractivity (Wildman–Crippen MR) is 115 cm³/mol. The second kappa shape index (κ2) is 7.55. The van der Waals surface area contributed by atoms with Gasteiger partial charge in [-0.2, -0.15) is 5.10 Å². The highest BCUT2D eigenvalue weighted by Crippen LogP contribution is 2.39. The van der Waals surface area contributed by atoms with Gasteiger partial charge in [-0.15, -0.1) is 10.2 Å². The number of hydrogen-bond donors (Lipinski definition) is 1. The highest BCUT2D eigenvalue weighted by Gasteiger charge is 2.19. The first-order valence-electron chi connectivity index (χ1n) is 9.74. The second-order valence-electron chi connectivity index (χ2n) is 6.96. The molecule has 30 heavy (non-hydrogen) atoms. The topological polar surface area (TPSA) is 102 Å². The number of carbonyl (C=O) groups is 1. The molecule has 1 N–H and O–H groups in total. The van der Waals surface area contributed by atoms with Crippen molar-refractivity contribution in [3.8, 4) is 5.88 Å². The molecule has 0 bridgehead atoms. The van der Waals surface area contributed by atoms with E-state index in [-0.39, 0.29) is 22.8 Å². The number of aromatic nitrogens is 3. The summed E-state index contributed by atoms with van der Waals surface area (Å²) in [6, 6.07) is 12.5. The SMILES string of the molecule is CCn1nc(C(=O)N=Nc2c(O)n(CC)c3ccc(C)cc23)c2ccccc2c1=O. The highest BCUT2D eigenvalue weighted by atomic mass is 16.3. The van der Waals surface area contributed by atoms with Gasteiger partial charge in [-0.25, -0.2) is 4.68 Å². The van der Waals surface area contributed by atoms with Crippen LogP contribution < -0.4 is 5.56 Å². The molecule has 8 heteroatoms. The van der Waals surface area contributed by atoms with Crippen molar-refractivity contribution >= 4 is 33.3 Å². The molecule has 0 fully saturated rings. The number of carbonyl (C=O) groups excluding carboxylic acids is 1. The summed E-state index contributed by atoms with van der Waals surface area (Å²) >= 11 is 0. The van der Waals surface area contributed by atoms with Crippen LogP contribution in [0.2, 0.25) is 0 Å². The van der Waals surface area contributed by atoms with Gasteiger partial charge in [-0.05, 0) is 39.0 Å². The summed E-state index contributed by atoms with van der Waals surface area (Å²) in [5.74, 6) is -0.733. The molecule has 0 aliphatic rings. The molecule has 0 spiro atoms. The third kappa shape index (κ3) is 3.06. The summed E-state index contributed by atoms with van der Waals surface area (Å²) in [5.41, 5.74) is 1.83. The number of hydrogen-bond acceptors (Lipinski definition) is 5. The number of rotatable bonds is 4. The monoisotopic (exact) mass is 403 g/mol. The largest absolute Gasteiger partial charge is 0.493 e. The van der Waals surface area contributed by atoms with Crippen molar-refractivity contribution in [2.45, 2.75) is 33.9 Å². The Bertz CT molecular complexity index is 1380. The van der Waals surface area contributed by atoms with Crippen LogP contribution in [0.25, 0.3) is 21.7 Å². The third-order valence-electron chi connectivity index (χ3n) is 5.09. The minimum Gasteiger partial charge on any atom is -0.493 e.